The van der Waals surface area contributed by atoms with Crippen LogP contribution in [0.4, 0.5) is 5.82 Å². The summed E-state index contributed by atoms with van der Waals surface area (Å²) in [5.74, 6) is 0.775. The number of hydrogen-bond donors (Lipinski definition) is 1. The zero-order valence-corrected chi connectivity index (χ0v) is 15.3. The van der Waals surface area contributed by atoms with Gasteiger partial charge in [-0.15, -0.1) is 0 Å². The van der Waals surface area contributed by atoms with Crippen LogP contribution in [0.2, 0.25) is 0 Å². The predicted octanol–water partition coefficient (Wildman–Crippen LogP) is 3.21. The molecule has 0 aliphatic carbocycles. The van der Waals surface area contributed by atoms with Gasteiger partial charge in [-0.05, 0) is 30.0 Å². The monoisotopic (exact) mass is 356 g/mol. The first-order valence-electron chi connectivity index (χ1n) is 7.81. The van der Waals surface area contributed by atoms with Crippen LogP contribution in [0.1, 0.15) is 41.0 Å². The van der Waals surface area contributed by atoms with E-state index in [-0.39, 0.29) is 11.8 Å². The summed E-state index contributed by atoms with van der Waals surface area (Å²) in [4.78, 5) is 20.3. The van der Waals surface area contributed by atoms with Crippen molar-refractivity contribution >= 4 is 23.5 Å². The number of aromatic nitrogens is 2. The van der Waals surface area contributed by atoms with Gasteiger partial charge in [0.2, 0.25) is 0 Å². The molecule has 0 aliphatic rings. The maximum absolute atomic E-state index is 11.6. The highest BCUT2D eigenvalue weighted by Crippen LogP contribution is 2.24. The molecule has 0 fully saturated rings. The lowest BCUT2D eigenvalue weighted by Gasteiger charge is -2.10. The van der Waals surface area contributed by atoms with Crippen molar-refractivity contribution in [1.29, 1.82) is 5.26 Å². The second kappa shape index (κ2) is 8.49. The number of nitriles is 1. The topological polar surface area (TPSA) is 102 Å². The molecule has 1 aromatic heterocycles. The molecule has 0 atom stereocenters. The Balaban J connectivity index is 2.20. The van der Waals surface area contributed by atoms with Gasteiger partial charge >= 0.3 is 5.97 Å². The van der Waals surface area contributed by atoms with Gasteiger partial charge in [0.05, 0.1) is 18.4 Å². The lowest BCUT2D eigenvalue weighted by Crippen LogP contribution is -2.08. The van der Waals surface area contributed by atoms with Gasteiger partial charge in [0, 0.05) is 5.75 Å². The summed E-state index contributed by atoms with van der Waals surface area (Å²) in [5, 5.41) is 9.78. The van der Waals surface area contributed by atoms with E-state index in [1.165, 1.54) is 18.9 Å². The third-order valence-electron chi connectivity index (χ3n) is 3.42. The van der Waals surface area contributed by atoms with Crippen molar-refractivity contribution in [2.75, 3.05) is 12.8 Å². The molecule has 0 amide bonds. The summed E-state index contributed by atoms with van der Waals surface area (Å²) in [6, 6.07) is 9.29. The minimum atomic E-state index is -0.370. The Labute approximate surface area is 151 Å². The standard InChI is InChI=1S/C18H20N4O2S/c1-11(2)7-15-14(9-19)16(20)22-18(21-15)25-10-12-5-4-6-13(8-12)17(23)24-3/h4-6,8,11H,7,10H2,1-3H3,(H2,20,21,22). The molecule has 0 saturated heterocycles. The van der Waals surface area contributed by atoms with Gasteiger partial charge in [0.1, 0.15) is 17.5 Å². The second-order valence-corrected chi connectivity index (χ2v) is 6.85. The summed E-state index contributed by atoms with van der Waals surface area (Å²) in [7, 11) is 1.35. The number of methoxy groups -OCH3 is 1. The van der Waals surface area contributed by atoms with E-state index in [0.29, 0.717) is 40.1 Å². The summed E-state index contributed by atoms with van der Waals surface area (Å²) in [6.45, 7) is 4.12. The van der Waals surface area contributed by atoms with Gasteiger partial charge in [-0.2, -0.15) is 5.26 Å². The second-order valence-electron chi connectivity index (χ2n) is 5.90. The minimum absolute atomic E-state index is 0.207. The summed E-state index contributed by atoms with van der Waals surface area (Å²) in [6.07, 6.45) is 0.668. The molecule has 2 N–H and O–H groups in total. The molecule has 2 aromatic rings. The molecule has 0 radical (unpaired) electrons. The number of nitrogens with two attached hydrogens (primary N) is 1. The minimum Gasteiger partial charge on any atom is -0.465 e. The van der Waals surface area contributed by atoms with E-state index in [4.69, 9.17) is 10.5 Å². The Kier molecular flexibility index (Phi) is 6.37. The van der Waals surface area contributed by atoms with Gasteiger partial charge in [0.15, 0.2) is 5.16 Å². The average molecular weight is 356 g/mol. The highest BCUT2D eigenvalue weighted by molar-refractivity contribution is 7.98. The summed E-state index contributed by atoms with van der Waals surface area (Å²) in [5.41, 5.74) is 8.39. The predicted molar refractivity (Wildman–Crippen MR) is 97.0 cm³/mol. The Morgan fingerprint density at radius 2 is 2.16 bits per heavy atom. The highest BCUT2D eigenvalue weighted by Gasteiger charge is 2.14. The van der Waals surface area contributed by atoms with Crippen molar-refractivity contribution in [3.05, 3.63) is 46.6 Å². The van der Waals surface area contributed by atoms with Gasteiger partial charge in [-0.1, -0.05) is 37.7 Å². The first kappa shape index (κ1) is 18.7. The fourth-order valence-electron chi connectivity index (χ4n) is 2.28. The smallest absolute Gasteiger partial charge is 0.337 e. The Morgan fingerprint density at radius 1 is 1.40 bits per heavy atom. The number of nitrogen functional groups attached to an aromatic ring is 1. The van der Waals surface area contributed by atoms with Crippen LogP contribution < -0.4 is 5.73 Å². The number of carbonyl (C=O) groups excluding carboxylic acids is 1. The number of nitrogens with zero attached hydrogens (tertiary/aromatic N) is 3. The van der Waals surface area contributed by atoms with Gasteiger partial charge in [-0.3, -0.25) is 0 Å². The third kappa shape index (κ3) is 4.94. The van der Waals surface area contributed by atoms with Crippen LogP contribution in [0.3, 0.4) is 0 Å². The van der Waals surface area contributed by atoms with Crippen molar-refractivity contribution in [1.82, 2.24) is 9.97 Å². The molecule has 7 heteroatoms. The van der Waals surface area contributed by atoms with E-state index in [0.717, 1.165) is 5.56 Å². The van der Waals surface area contributed by atoms with Gasteiger partial charge in [-0.25, -0.2) is 14.8 Å². The largest absolute Gasteiger partial charge is 0.465 e. The number of anilines is 1. The van der Waals surface area contributed by atoms with Crippen molar-refractivity contribution in [2.45, 2.75) is 31.2 Å². The number of rotatable bonds is 6. The maximum atomic E-state index is 11.6. The SMILES string of the molecule is COC(=O)c1cccc(CSc2nc(N)c(C#N)c(CC(C)C)n2)c1. The fraction of sp³-hybridized carbons (Fsp3) is 0.333. The number of hydrogen-bond acceptors (Lipinski definition) is 7. The van der Waals surface area contributed by atoms with Crippen LogP contribution in [-0.4, -0.2) is 23.0 Å². The summed E-state index contributed by atoms with van der Waals surface area (Å²) >= 11 is 1.41. The highest BCUT2D eigenvalue weighted by atomic mass is 32.2. The maximum Gasteiger partial charge on any atom is 0.337 e. The first-order chi connectivity index (χ1) is 11.9. The van der Waals surface area contributed by atoms with Crippen molar-refractivity contribution < 1.29 is 9.53 Å². The molecule has 0 unspecified atom stereocenters. The lowest BCUT2D eigenvalue weighted by atomic mass is 10.0. The molecule has 6 nitrogen and oxygen atoms in total. The molecular weight excluding hydrogens is 336 g/mol. The zero-order valence-electron chi connectivity index (χ0n) is 14.4. The van der Waals surface area contributed by atoms with E-state index >= 15 is 0 Å². The molecular formula is C18H20N4O2S. The molecule has 1 aromatic carbocycles. The quantitative estimate of drug-likeness (QED) is 0.481. The molecule has 0 saturated carbocycles. The Bertz CT molecular complexity index is 815. The average Bonchev–Trinajstić information content (AvgIpc) is 2.59. The zero-order chi connectivity index (χ0) is 18.4. The Morgan fingerprint density at radius 3 is 2.80 bits per heavy atom. The lowest BCUT2D eigenvalue weighted by molar-refractivity contribution is 0.0600. The van der Waals surface area contributed by atoms with E-state index in [2.05, 4.69) is 29.9 Å². The van der Waals surface area contributed by atoms with Gasteiger partial charge in [0.25, 0.3) is 0 Å². The number of benzene rings is 1. The molecule has 0 spiro atoms. The third-order valence-corrected chi connectivity index (χ3v) is 4.34. The number of thioether (sulfide) groups is 1. The molecule has 0 bridgehead atoms. The molecule has 25 heavy (non-hydrogen) atoms. The van der Waals surface area contributed by atoms with E-state index in [1.807, 2.05) is 6.07 Å². The van der Waals surface area contributed by atoms with Crippen LogP contribution in [0.15, 0.2) is 29.4 Å². The van der Waals surface area contributed by atoms with E-state index in [1.54, 1.807) is 18.2 Å². The van der Waals surface area contributed by atoms with Gasteiger partial charge < -0.3 is 10.5 Å². The number of ether oxygens (including phenoxy) is 1. The van der Waals surface area contributed by atoms with Crippen molar-refractivity contribution in [3.8, 4) is 6.07 Å². The molecule has 1 heterocycles. The fourth-order valence-corrected chi connectivity index (χ4v) is 3.09. The van der Waals surface area contributed by atoms with Crippen molar-refractivity contribution in [2.24, 2.45) is 5.92 Å². The normalized spacial score (nSPS) is 10.5. The van der Waals surface area contributed by atoms with Crippen LogP contribution >= 0.6 is 11.8 Å². The van der Waals surface area contributed by atoms with Crippen LogP contribution in [0.25, 0.3) is 0 Å². The van der Waals surface area contributed by atoms with Crippen LogP contribution in [0.5, 0.6) is 0 Å². The van der Waals surface area contributed by atoms with Crippen LogP contribution in [0, 0.1) is 17.2 Å². The number of esters is 1. The van der Waals surface area contributed by atoms with E-state index < -0.39 is 0 Å². The van der Waals surface area contributed by atoms with Crippen molar-refractivity contribution in [3.63, 3.8) is 0 Å². The molecule has 2 rings (SSSR count). The first-order valence-corrected chi connectivity index (χ1v) is 8.79. The Hall–Kier alpha value is -2.59. The number of carbonyl (C=O) groups is 1. The van der Waals surface area contributed by atoms with E-state index in [9.17, 15) is 10.1 Å². The molecule has 0 aliphatic heterocycles. The van der Waals surface area contributed by atoms with Crippen LogP contribution in [-0.2, 0) is 16.9 Å². The molecule has 130 valence electrons. The summed E-state index contributed by atoms with van der Waals surface area (Å²) < 4.78 is 4.73.